The Hall–Kier alpha value is -1.75. The molecular formula is C14H18N2O3. The van der Waals surface area contributed by atoms with E-state index in [1.165, 1.54) is 18.9 Å². The molecule has 4 N–H and O–H groups in total. The Kier molecular flexibility index (Phi) is 3.06. The van der Waals surface area contributed by atoms with Crippen LogP contribution in [0.25, 0.3) is 0 Å². The van der Waals surface area contributed by atoms with Gasteiger partial charge in [0.05, 0.1) is 17.7 Å². The SMILES string of the molecule is Nc1ccc(NC2CCOC2C2CC2)c(C(=O)O)c1. The minimum Gasteiger partial charge on any atom is -0.478 e. The second-order valence-electron chi connectivity index (χ2n) is 5.32. The lowest BCUT2D eigenvalue weighted by atomic mass is 10.0. The van der Waals surface area contributed by atoms with Crippen molar-refractivity contribution in [2.45, 2.75) is 31.4 Å². The van der Waals surface area contributed by atoms with E-state index in [1.54, 1.807) is 12.1 Å². The number of hydrogen-bond donors (Lipinski definition) is 3. The summed E-state index contributed by atoms with van der Waals surface area (Å²) in [5, 5.41) is 12.6. The van der Waals surface area contributed by atoms with Gasteiger partial charge in [-0.25, -0.2) is 4.79 Å². The van der Waals surface area contributed by atoms with Crippen LogP contribution in [-0.2, 0) is 4.74 Å². The zero-order valence-corrected chi connectivity index (χ0v) is 10.6. The number of rotatable bonds is 4. The smallest absolute Gasteiger partial charge is 0.337 e. The normalized spacial score (nSPS) is 26.3. The lowest BCUT2D eigenvalue weighted by Gasteiger charge is -2.21. The molecule has 1 aliphatic carbocycles. The summed E-state index contributed by atoms with van der Waals surface area (Å²) in [5.74, 6) is -0.321. The summed E-state index contributed by atoms with van der Waals surface area (Å²) in [5.41, 5.74) is 6.96. The molecular weight excluding hydrogens is 244 g/mol. The molecule has 1 aromatic carbocycles. The van der Waals surface area contributed by atoms with Crippen LogP contribution in [0.2, 0.25) is 0 Å². The van der Waals surface area contributed by atoms with E-state index < -0.39 is 5.97 Å². The topological polar surface area (TPSA) is 84.6 Å². The van der Waals surface area contributed by atoms with E-state index in [2.05, 4.69) is 5.32 Å². The Labute approximate surface area is 111 Å². The Balaban J connectivity index is 1.80. The van der Waals surface area contributed by atoms with E-state index >= 15 is 0 Å². The summed E-state index contributed by atoms with van der Waals surface area (Å²) in [4.78, 5) is 11.2. The van der Waals surface area contributed by atoms with Crippen molar-refractivity contribution in [2.75, 3.05) is 17.7 Å². The highest BCUT2D eigenvalue weighted by Gasteiger charge is 2.40. The minimum atomic E-state index is -0.961. The van der Waals surface area contributed by atoms with Crippen LogP contribution in [0.5, 0.6) is 0 Å². The fraction of sp³-hybridized carbons (Fsp3) is 0.500. The van der Waals surface area contributed by atoms with Gasteiger partial charge in [0.2, 0.25) is 0 Å². The number of carboxylic acids is 1. The number of carboxylic acid groups (broad SMARTS) is 1. The van der Waals surface area contributed by atoms with E-state index in [0.29, 0.717) is 17.3 Å². The summed E-state index contributed by atoms with van der Waals surface area (Å²) in [6.07, 6.45) is 3.58. The van der Waals surface area contributed by atoms with Gasteiger partial charge in [0.1, 0.15) is 0 Å². The summed E-state index contributed by atoms with van der Waals surface area (Å²) in [7, 11) is 0. The van der Waals surface area contributed by atoms with Gasteiger partial charge in [0.15, 0.2) is 0 Å². The molecule has 2 unspecified atom stereocenters. The van der Waals surface area contributed by atoms with Crippen molar-refractivity contribution < 1.29 is 14.6 Å². The van der Waals surface area contributed by atoms with Gasteiger partial charge in [-0.05, 0) is 43.4 Å². The van der Waals surface area contributed by atoms with Crippen molar-refractivity contribution >= 4 is 17.3 Å². The molecule has 2 aliphatic rings. The average molecular weight is 262 g/mol. The predicted octanol–water partition coefficient (Wildman–Crippen LogP) is 1.95. The van der Waals surface area contributed by atoms with E-state index in [-0.39, 0.29) is 17.7 Å². The Bertz CT molecular complexity index is 499. The molecule has 0 bridgehead atoms. The van der Waals surface area contributed by atoms with Crippen LogP contribution in [0.1, 0.15) is 29.6 Å². The van der Waals surface area contributed by atoms with Gasteiger partial charge in [-0.15, -0.1) is 0 Å². The van der Waals surface area contributed by atoms with Gasteiger partial charge in [-0.3, -0.25) is 0 Å². The Morgan fingerprint density at radius 2 is 2.16 bits per heavy atom. The molecule has 1 saturated carbocycles. The lowest BCUT2D eigenvalue weighted by molar-refractivity contribution is 0.0697. The van der Waals surface area contributed by atoms with Crippen LogP contribution in [-0.4, -0.2) is 29.8 Å². The molecule has 3 rings (SSSR count). The number of ether oxygens (including phenoxy) is 1. The molecule has 0 aromatic heterocycles. The maximum absolute atomic E-state index is 11.2. The number of anilines is 2. The van der Waals surface area contributed by atoms with Gasteiger partial charge in [0.25, 0.3) is 0 Å². The van der Waals surface area contributed by atoms with Gasteiger partial charge in [-0.2, -0.15) is 0 Å². The summed E-state index contributed by atoms with van der Waals surface area (Å²) < 4.78 is 5.75. The molecule has 1 aliphatic heterocycles. The van der Waals surface area contributed by atoms with Gasteiger partial charge < -0.3 is 20.9 Å². The zero-order chi connectivity index (χ0) is 13.4. The van der Waals surface area contributed by atoms with Crippen LogP contribution in [0.15, 0.2) is 18.2 Å². The largest absolute Gasteiger partial charge is 0.478 e. The molecule has 0 amide bonds. The third kappa shape index (κ3) is 2.51. The number of carbonyl (C=O) groups is 1. The lowest BCUT2D eigenvalue weighted by Crippen LogP contribution is -2.31. The van der Waals surface area contributed by atoms with Crippen LogP contribution in [0.3, 0.4) is 0 Å². The number of hydrogen-bond acceptors (Lipinski definition) is 4. The molecule has 2 fully saturated rings. The highest BCUT2D eigenvalue weighted by atomic mass is 16.5. The zero-order valence-electron chi connectivity index (χ0n) is 10.6. The Morgan fingerprint density at radius 1 is 1.37 bits per heavy atom. The quantitative estimate of drug-likeness (QED) is 0.722. The average Bonchev–Trinajstić information content (AvgIpc) is 3.12. The first-order valence-corrected chi connectivity index (χ1v) is 6.66. The first kappa shape index (κ1) is 12.3. The van der Waals surface area contributed by atoms with Crippen molar-refractivity contribution in [3.8, 4) is 0 Å². The summed E-state index contributed by atoms with van der Waals surface area (Å²) in [6.45, 7) is 0.746. The fourth-order valence-corrected chi connectivity index (χ4v) is 2.72. The molecule has 5 nitrogen and oxygen atoms in total. The van der Waals surface area contributed by atoms with Gasteiger partial charge in [0, 0.05) is 18.0 Å². The van der Waals surface area contributed by atoms with Crippen molar-refractivity contribution in [1.29, 1.82) is 0 Å². The Morgan fingerprint density at radius 3 is 2.84 bits per heavy atom. The molecule has 0 radical (unpaired) electrons. The molecule has 1 saturated heterocycles. The molecule has 2 atom stereocenters. The van der Waals surface area contributed by atoms with Crippen molar-refractivity contribution in [3.05, 3.63) is 23.8 Å². The monoisotopic (exact) mass is 262 g/mol. The van der Waals surface area contributed by atoms with Crippen LogP contribution in [0, 0.1) is 5.92 Å². The van der Waals surface area contributed by atoms with Crippen molar-refractivity contribution in [2.24, 2.45) is 5.92 Å². The second kappa shape index (κ2) is 4.74. The van der Waals surface area contributed by atoms with Gasteiger partial charge >= 0.3 is 5.97 Å². The molecule has 5 heteroatoms. The van der Waals surface area contributed by atoms with E-state index in [1.807, 2.05) is 0 Å². The summed E-state index contributed by atoms with van der Waals surface area (Å²) >= 11 is 0. The minimum absolute atomic E-state index is 0.203. The first-order valence-electron chi connectivity index (χ1n) is 6.66. The number of nitrogen functional groups attached to an aromatic ring is 1. The van der Waals surface area contributed by atoms with Crippen molar-refractivity contribution in [3.63, 3.8) is 0 Å². The van der Waals surface area contributed by atoms with Crippen LogP contribution in [0.4, 0.5) is 11.4 Å². The number of aromatic carboxylic acids is 1. The standard InChI is InChI=1S/C14H18N2O3/c15-9-3-4-11(10(7-9)14(17)18)16-12-5-6-19-13(12)8-1-2-8/h3-4,7-8,12-13,16H,1-2,5-6,15H2,(H,17,18). The van der Waals surface area contributed by atoms with E-state index in [4.69, 9.17) is 10.5 Å². The highest BCUT2D eigenvalue weighted by molar-refractivity contribution is 5.95. The molecule has 102 valence electrons. The second-order valence-corrected chi connectivity index (χ2v) is 5.32. The third-order valence-corrected chi connectivity index (χ3v) is 3.84. The maximum atomic E-state index is 11.2. The summed E-state index contributed by atoms with van der Waals surface area (Å²) in [6, 6.07) is 5.15. The van der Waals surface area contributed by atoms with Gasteiger partial charge in [-0.1, -0.05) is 0 Å². The third-order valence-electron chi connectivity index (χ3n) is 3.84. The number of nitrogens with one attached hydrogen (secondary N) is 1. The highest BCUT2D eigenvalue weighted by Crippen LogP contribution is 2.39. The van der Waals surface area contributed by atoms with Crippen LogP contribution < -0.4 is 11.1 Å². The molecule has 0 spiro atoms. The molecule has 1 heterocycles. The number of nitrogens with two attached hydrogens (primary N) is 1. The predicted molar refractivity (Wildman–Crippen MR) is 72.3 cm³/mol. The van der Waals surface area contributed by atoms with Crippen molar-refractivity contribution in [1.82, 2.24) is 0 Å². The maximum Gasteiger partial charge on any atom is 0.337 e. The van der Waals surface area contributed by atoms with E-state index in [9.17, 15) is 9.90 Å². The fourth-order valence-electron chi connectivity index (χ4n) is 2.72. The number of benzene rings is 1. The first-order chi connectivity index (χ1) is 9.15. The van der Waals surface area contributed by atoms with E-state index in [0.717, 1.165) is 13.0 Å². The van der Waals surface area contributed by atoms with Crippen LogP contribution >= 0.6 is 0 Å². The molecule has 1 aromatic rings. The molecule has 19 heavy (non-hydrogen) atoms.